The monoisotopic (exact) mass is 372 g/mol. The molecule has 0 aliphatic rings. The van der Waals surface area contributed by atoms with Crippen LogP contribution in [0.5, 0.6) is 40.2 Å². The third kappa shape index (κ3) is 3.95. The summed E-state index contributed by atoms with van der Waals surface area (Å²) >= 11 is 5.89. The molecule has 0 heterocycles. The molecule has 0 aromatic heterocycles. The minimum Gasteiger partial charge on any atom is -0.504 e. The Hall–Kier alpha value is -3.05. The van der Waals surface area contributed by atoms with Crippen LogP contribution in [0.3, 0.4) is 0 Å². The van der Waals surface area contributed by atoms with Crippen LogP contribution in [0.4, 0.5) is 0 Å². The summed E-state index contributed by atoms with van der Waals surface area (Å²) in [5.74, 6) is 2.66. The molecule has 0 radical (unpaired) electrons. The highest BCUT2D eigenvalue weighted by Gasteiger charge is 2.14. The molecule has 26 heavy (non-hydrogen) atoms. The van der Waals surface area contributed by atoms with Gasteiger partial charge < -0.3 is 24.1 Å². The molecule has 0 fully saturated rings. The molecule has 0 aliphatic heterocycles. The Kier molecular flexibility index (Phi) is 5.39. The number of hydrogen-bond acceptors (Lipinski definition) is 5. The largest absolute Gasteiger partial charge is 0.504 e. The van der Waals surface area contributed by atoms with Gasteiger partial charge in [0.05, 0.1) is 14.2 Å². The Morgan fingerprint density at radius 1 is 0.731 bits per heavy atom. The van der Waals surface area contributed by atoms with E-state index in [0.29, 0.717) is 33.8 Å². The molecule has 0 unspecified atom stereocenters. The number of phenols is 1. The summed E-state index contributed by atoms with van der Waals surface area (Å²) in [5.41, 5.74) is 0. The van der Waals surface area contributed by atoms with Crippen molar-refractivity contribution >= 4 is 11.6 Å². The second kappa shape index (κ2) is 7.89. The zero-order chi connectivity index (χ0) is 18.5. The average Bonchev–Trinajstić information content (AvgIpc) is 2.66. The third-order valence-corrected chi connectivity index (χ3v) is 3.83. The summed E-state index contributed by atoms with van der Waals surface area (Å²) in [4.78, 5) is 0. The maximum Gasteiger partial charge on any atom is 0.211 e. The molecule has 1 N–H and O–H groups in total. The lowest BCUT2D eigenvalue weighted by Gasteiger charge is -2.15. The maximum absolute atomic E-state index is 10.2. The van der Waals surface area contributed by atoms with Crippen LogP contribution in [-0.2, 0) is 0 Å². The molecule has 0 saturated carbocycles. The number of benzene rings is 3. The predicted molar refractivity (Wildman–Crippen MR) is 99.3 cm³/mol. The van der Waals surface area contributed by atoms with Gasteiger partial charge >= 0.3 is 0 Å². The van der Waals surface area contributed by atoms with Crippen molar-refractivity contribution in [3.63, 3.8) is 0 Å². The van der Waals surface area contributed by atoms with Gasteiger partial charge in [0.25, 0.3) is 0 Å². The quantitative estimate of drug-likeness (QED) is 0.606. The lowest BCUT2D eigenvalue weighted by molar-refractivity contribution is 0.350. The van der Waals surface area contributed by atoms with E-state index in [1.54, 1.807) is 68.8 Å². The van der Waals surface area contributed by atoms with E-state index < -0.39 is 0 Å². The van der Waals surface area contributed by atoms with E-state index in [9.17, 15) is 5.11 Å². The van der Waals surface area contributed by atoms with Gasteiger partial charge in [0, 0.05) is 11.1 Å². The summed E-state index contributed by atoms with van der Waals surface area (Å²) in [5, 5.41) is 10.8. The Labute approximate surface area is 156 Å². The van der Waals surface area contributed by atoms with E-state index >= 15 is 0 Å². The number of hydrogen-bond donors (Lipinski definition) is 1. The summed E-state index contributed by atoms with van der Waals surface area (Å²) in [6.45, 7) is 0. The van der Waals surface area contributed by atoms with Crippen LogP contribution < -0.4 is 18.9 Å². The van der Waals surface area contributed by atoms with Crippen molar-refractivity contribution in [2.75, 3.05) is 14.2 Å². The molecule has 6 heteroatoms. The van der Waals surface area contributed by atoms with E-state index in [1.807, 2.05) is 0 Å². The Bertz CT molecular complexity index is 893. The highest BCUT2D eigenvalue weighted by molar-refractivity contribution is 6.30. The first-order chi connectivity index (χ1) is 12.6. The van der Waals surface area contributed by atoms with Crippen LogP contribution in [0.1, 0.15) is 0 Å². The van der Waals surface area contributed by atoms with Gasteiger partial charge in [0.15, 0.2) is 23.0 Å². The molecule has 3 aromatic carbocycles. The van der Waals surface area contributed by atoms with Crippen molar-refractivity contribution in [1.82, 2.24) is 0 Å². The second-order valence-electron chi connectivity index (χ2n) is 5.28. The molecule has 0 aliphatic carbocycles. The fraction of sp³-hybridized carbons (Fsp3) is 0.100. The fourth-order valence-electron chi connectivity index (χ4n) is 2.31. The van der Waals surface area contributed by atoms with E-state index in [1.165, 1.54) is 6.07 Å². The number of ether oxygens (including phenoxy) is 4. The van der Waals surface area contributed by atoms with Crippen LogP contribution in [0, 0.1) is 0 Å². The summed E-state index contributed by atoms with van der Waals surface area (Å²) in [6, 6.07) is 16.8. The SMILES string of the molecule is COc1ccc(Oc2cccc(O)c2Oc2ccc(Cl)cc2)cc1OC. The highest BCUT2D eigenvalue weighted by Crippen LogP contribution is 2.42. The van der Waals surface area contributed by atoms with Crippen molar-refractivity contribution in [2.45, 2.75) is 0 Å². The maximum atomic E-state index is 10.2. The van der Waals surface area contributed by atoms with Crippen LogP contribution in [0.25, 0.3) is 0 Å². The summed E-state index contributed by atoms with van der Waals surface area (Å²) < 4.78 is 22.2. The smallest absolute Gasteiger partial charge is 0.211 e. The highest BCUT2D eigenvalue weighted by atomic mass is 35.5. The number of para-hydroxylation sites is 1. The van der Waals surface area contributed by atoms with Crippen LogP contribution >= 0.6 is 11.6 Å². The van der Waals surface area contributed by atoms with E-state index in [0.717, 1.165) is 0 Å². The zero-order valence-electron chi connectivity index (χ0n) is 14.2. The van der Waals surface area contributed by atoms with Gasteiger partial charge in [-0.2, -0.15) is 0 Å². The van der Waals surface area contributed by atoms with E-state index in [-0.39, 0.29) is 11.5 Å². The molecule has 134 valence electrons. The van der Waals surface area contributed by atoms with Crippen LogP contribution in [0.2, 0.25) is 5.02 Å². The normalized spacial score (nSPS) is 10.3. The van der Waals surface area contributed by atoms with Crippen molar-refractivity contribution in [2.24, 2.45) is 0 Å². The topological polar surface area (TPSA) is 57.2 Å². The molecule has 3 rings (SSSR count). The lowest BCUT2D eigenvalue weighted by atomic mass is 10.2. The predicted octanol–water partition coefficient (Wildman–Crippen LogP) is 5.65. The van der Waals surface area contributed by atoms with Gasteiger partial charge in [-0.25, -0.2) is 0 Å². The lowest BCUT2D eigenvalue weighted by Crippen LogP contribution is -1.93. The summed E-state index contributed by atoms with van der Waals surface area (Å²) in [7, 11) is 3.11. The average molecular weight is 373 g/mol. The third-order valence-electron chi connectivity index (χ3n) is 3.57. The molecule has 3 aromatic rings. The van der Waals surface area contributed by atoms with Crippen molar-refractivity contribution < 1.29 is 24.1 Å². The van der Waals surface area contributed by atoms with Gasteiger partial charge in [-0.05, 0) is 48.5 Å². The zero-order valence-corrected chi connectivity index (χ0v) is 15.0. The van der Waals surface area contributed by atoms with Crippen molar-refractivity contribution in [1.29, 1.82) is 0 Å². The van der Waals surface area contributed by atoms with E-state index in [2.05, 4.69) is 0 Å². The molecular weight excluding hydrogens is 356 g/mol. The minimum atomic E-state index is -0.0436. The molecule has 0 spiro atoms. The first-order valence-electron chi connectivity index (χ1n) is 7.76. The molecule has 0 atom stereocenters. The van der Waals surface area contributed by atoms with Crippen molar-refractivity contribution in [3.05, 3.63) is 65.7 Å². The Morgan fingerprint density at radius 2 is 1.42 bits per heavy atom. The first kappa shape index (κ1) is 17.8. The minimum absolute atomic E-state index is 0.0436. The fourth-order valence-corrected chi connectivity index (χ4v) is 2.44. The number of methoxy groups -OCH3 is 2. The number of phenolic OH excluding ortho intramolecular Hbond substituents is 1. The van der Waals surface area contributed by atoms with Gasteiger partial charge in [-0.1, -0.05) is 17.7 Å². The van der Waals surface area contributed by atoms with Gasteiger partial charge in [0.2, 0.25) is 5.75 Å². The van der Waals surface area contributed by atoms with Crippen molar-refractivity contribution in [3.8, 4) is 40.2 Å². The van der Waals surface area contributed by atoms with Crippen LogP contribution in [-0.4, -0.2) is 19.3 Å². The summed E-state index contributed by atoms with van der Waals surface area (Å²) in [6.07, 6.45) is 0. The molecule has 0 amide bonds. The van der Waals surface area contributed by atoms with E-state index in [4.69, 9.17) is 30.5 Å². The molecular formula is C20H17ClO5. The molecule has 0 bridgehead atoms. The molecule has 5 nitrogen and oxygen atoms in total. The van der Waals surface area contributed by atoms with Gasteiger partial charge in [-0.15, -0.1) is 0 Å². The standard InChI is InChI=1S/C20H17ClO5/c1-23-17-11-10-15(12-19(17)24-2)25-18-5-3-4-16(22)20(18)26-14-8-6-13(21)7-9-14/h3-12,22H,1-2H3. The van der Waals surface area contributed by atoms with Crippen LogP contribution in [0.15, 0.2) is 60.7 Å². The first-order valence-corrected chi connectivity index (χ1v) is 8.14. The second-order valence-corrected chi connectivity index (χ2v) is 5.72. The van der Waals surface area contributed by atoms with Gasteiger partial charge in [0.1, 0.15) is 11.5 Å². The number of rotatable bonds is 6. The number of halogens is 1. The molecule has 0 saturated heterocycles. The Morgan fingerprint density at radius 3 is 2.12 bits per heavy atom. The van der Waals surface area contributed by atoms with Gasteiger partial charge in [-0.3, -0.25) is 0 Å². The number of aromatic hydroxyl groups is 1. The Balaban J connectivity index is 1.91.